The smallest absolute Gasteiger partial charge is 0.254 e. The third-order valence-corrected chi connectivity index (χ3v) is 2.41. The molecule has 0 fully saturated rings. The Morgan fingerprint density at radius 1 is 1.39 bits per heavy atom. The molecule has 0 saturated carbocycles. The average molecular weight is 245 g/mol. The summed E-state index contributed by atoms with van der Waals surface area (Å²) in [6.45, 7) is 0.302. The Kier molecular flexibility index (Phi) is 3.52. The second-order valence-corrected chi connectivity index (χ2v) is 3.78. The first kappa shape index (κ1) is 12.0. The Morgan fingerprint density at radius 3 is 2.89 bits per heavy atom. The van der Waals surface area contributed by atoms with Crippen LogP contribution in [-0.4, -0.2) is 10.9 Å². The molecule has 0 bridgehead atoms. The summed E-state index contributed by atoms with van der Waals surface area (Å²) >= 11 is 0. The third-order valence-electron chi connectivity index (χ3n) is 2.41. The molecule has 2 aromatic rings. The highest BCUT2D eigenvalue weighted by Gasteiger charge is 2.11. The van der Waals surface area contributed by atoms with Gasteiger partial charge in [-0.25, -0.2) is 4.39 Å². The molecule has 2 rings (SSSR count). The molecule has 0 atom stereocenters. The van der Waals surface area contributed by atoms with Gasteiger partial charge in [0, 0.05) is 24.6 Å². The normalized spacial score (nSPS) is 10.1. The van der Waals surface area contributed by atoms with Gasteiger partial charge in [0.15, 0.2) is 0 Å². The minimum Gasteiger partial charge on any atom is -0.399 e. The van der Waals surface area contributed by atoms with E-state index in [1.807, 2.05) is 6.07 Å². The van der Waals surface area contributed by atoms with Crippen molar-refractivity contribution in [3.63, 3.8) is 0 Å². The Morgan fingerprint density at radius 2 is 2.22 bits per heavy atom. The number of hydrogen-bond donors (Lipinski definition) is 2. The van der Waals surface area contributed by atoms with Gasteiger partial charge in [-0.15, -0.1) is 0 Å². The van der Waals surface area contributed by atoms with Crippen LogP contribution < -0.4 is 11.1 Å². The summed E-state index contributed by atoms with van der Waals surface area (Å²) in [6, 6.07) is 7.57. The fraction of sp³-hybridized carbons (Fsp3) is 0.0769. The number of carbonyl (C=O) groups excluding carboxylic acids is 1. The van der Waals surface area contributed by atoms with E-state index in [4.69, 9.17) is 5.73 Å². The third kappa shape index (κ3) is 2.82. The number of pyridine rings is 1. The molecule has 0 saturated heterocycles. The monoisotopic (exact) mass is 245 g/mol. The van der Waals surface area contributed by atoms with E-state index in [2.05, 4.69) is 10.3 Å². The van der Waals surface area contributed by atoms with Crippen molar-refractivity contribution in [2.75, 3.05) is 5.73 Å². The largest absolute Gasteiger partial charge is 0.399 e. The van der Waals surface area contributed by atoms with Gasteiger partial charge in [-0.2, -0.15) is 0 Å². The van der Waals surface area contributed by atoms with Crippen molar-refractivity contribution in [2.45, 2.75) is 6.54 Å². The number of aromatic nitrogens is 1. The van der Waals surface area contributed by atoms with Crippen LogP contribution in [0, 0.1) is 5.82 Å². The van der Waals surface area contributed by atoms with Crippen molar-refractivity contribution in [2.24, 2.45) is 0 Å². The van der Waals surface area contributed by atoms with Crippen LogP contribution in [0.5, 0.6) is 0 Å². The summed E-state index contributed by atoms with van der Waals surface area (Å²) in [5, 5.41) is 2.62. The summed E-state index contributed by atoms with van der Waals surface area (Å²) in [6.07, 6.45) is 3.28. The molecule has 0 aliphatic heterocycles. The summed E-state index contributed by atoms with van der Waals surface area (Å²) < 4.78 is 13.5. The van der Waals surface area contributed by atoms with Gasteiger partial charge in [0.05, 0.1) is 5.56 Å². The van der Waals surface area contributed by atoms with E-state index in [0.29, 0.717) is 6.54 Å². The summed E-state index contributed by atoms with van der Waals surface area (Å²) in [4.78, 5) is 15.7. The maximum Gasteiger partial charge on any atom is 0.254 e. The topological polar surface area (TPSA) is 68.0 Å². The van der Waals surface area contributed by atoms with Crippen molar-refractivity contribution in [1.29, 1.82) is 0 Å². The van der Waals surface area contributed by atoms with E-state index in [0.717, 1.165) is 11.6 Å². The molecule has 0 aliphatic rings. The van der Waals surface area contributed by atoms with E-state index >= 15 is 0 Å². The fourth-order valence-corrected chi connectivity index (χ4v) is 1.50. The Labute approximate surface area is 104 Å². The number of rotatable bonds is 3. The van der Waals surface area contributed by atoms with Crippen LogP contribution in [-0.2, 0) is 6.54 Å². The Hall–Kier alpha value is -2.43. The predicted octanol–water partition coefficient (Wildman–Crippen LogP) is 1.73. The highest BCUT2D eigenvalue weighted by Crippen LogP contribution is 2.11. The molecule has 1 aromatic heterocycles. The van der Waals surface area contributed by atoms with Crippen LogP contribution in [0.25, 0.3) is 0 Å². The first-order chi connectivity index (χ1) is 8.66. The lowest BCUT2D eigenvalue weighted by Crippen LogP contribution is -2.23. The Balaban J connectivity index is 2.04. The van der Waals surface area contributed by atoms with Gasteiger partial charge < -0.3 is 11.1 Å². The van der Waals surface area contributed by atoms with Crippen LogP contribution in [0.15, 0.2) is 42.7 Å². The fourth-order valence-electron chi connectivity index (χ4n) is 1.50. The zero-order valence-corrected chi connectivity index (χ0v) is 9.56. The molecule has 1 aromatic carbocycles. The molecule has 0 radical (unpaired) electrons. The second kappa shape index (κ2) is 5.27. The van der Waals surface area contributed by atoms with Gasteiger partial charge in [0.25, 0.3) is 5.91 Å². The number of amides is 1. The van der Waals surface area contributed by atoms with Gasteiger partial charge >= 0.3 is 0 Å². The lowest BCUT2D eigenvalue weighted by Gasteiger charge is -2.06. The average Bonchev–Trinajstić information content (AvgIpc) is 2.37. The van der Waals surface area contributed by atoms with Gasteiger partial charge in [0.2, 0.25) is 0 Å². The number of anilines is 1. The molecule has 1 heterocycles. The highest BCUT2D eigenvalue weighted by molar-refractivity contribution is 5.94. The first-order valence-electron chi connectivity index (χ1n) is 5.39. The second-order valence-electron chi connectivity index (χ2n) is 3.78. The zero-order chi connectivity index (χ0) is 13.0. The molecule has 4 nitrogen and oxygen atoms in total. The predicted molar refractivity (Wildman–Crippen MR) is 66.2 cm³/mol. The van der Waals surface area contributed by atoms with Crippen molar-refractivity contribution in [3.05, 3.63) is 59.7 Å². The molecule has 18 heavy (non-hydrogen) atoms. The van der Waals surface area contributed by atoms with Crippen molar-refractivity contribution >= 4 is 11.6 Å². The molecule has 0 spiro atoms. The minimum absolute atomic E-state index is 0.0203. The summed E-state index contributed by atoms with van der Waals surface area (Å²) in [7, 11) is 0. The molecular formula is C13H12FN3O. The van der Waals surface area contributed by atoms with E-state index < -0.39 is 11.7 Å². The maximum absolute atomic E-state index is 13.5. The molecule has 1 amide bonds. The number of benzene rings is 1. The van der Waals surface area contributed by atoms with Crippen LogP contribution in [0.3, 0.4) is 0 Å². The molecule has 3 N–H and O–H groups in total. The minimum atomic E-state index is -0.626. The summed E-state index contributed by atoms with van der Waals surface area (Å²) in [5.41, 5.74) is 6.53. The van der Waals surface area contributed by atoms with Crippen LogP contribution in [0.4, 0.5) is 10.1 Å². The number of carbonyl (C=O) groups is 1. The summed E-state index contributed by atoms with van der Waals surface area (Å²) in [5.74, 6) is -1.10. The van der Waals surface area contributed by atoms with Crippen molar-refractivity contribution in [1.82, 2.24) is 10.3 Å². The van der Waals surface area contributed by atoms with Crippen molar-refractivity contribution in [3.8, 4) is 0 Å². The SMILES string of the molecule is Nc1ccc(C(=O)NCc2cccnc2)c(F)c1. The molecule has 92 valence electrons. The highest BCUT2D eigenvalue weighted by atomic mass is 19.1. The van der Waals surface area contributed by atoms with E-state index in [1.54, 1.807) is 18.5 Å². The number of nitrogens with two attached hydrogens (primary N) is 1. The van der Waals surface area contributed by atoms with Gasteiger partial charge in [-0.1, -0.05) is 6.07 Å². The lowest BCUT2D eigenvalue weighted by atomic mass is 10.1. The lowest BCUT2D eigenvalue weighted by molar-refractivity contribution is 0.0947. The number of hydrogen-bond acceptors (Lipinski definition) is 3. The van der Waals surface area contributed by atoms with Crippen molar-refractivity contribution < 1.29 is 9.18 Å². The van der Waals surface area contributed by atoms with Gasteiger partial charge in [-0.3, -0.25) is 9.78 Å². The quantitative estimate of drug-likeness (QED) is 0.809. The molecule has 5 heteroatoms. The molecular weight excluding hydrogens is 233 g/mol. The maximum atomic E-state index is 13.5. The van der Waals surface area contributed by atoms with Gasteiger partial charge in [0.1, 0.15) is 5.82 Å². The zero-order valence-electron chi connectivity index (χ0n) is 9.56. The van der Waals surface area contributed by atoms with Crippen LogP contribution in [0.1, 0.15) is 15.9 Å². The van der Waals surface area contributed by atoms with E-state index in [1.165, 1.54) is 12.1 Å². The van der Waals surface area contributed by atoms with Crippen LogP contribution >= 0.6 is 0 Å². The van der Waals surface area contributed by atoms with E-state index in [9.17, 15) is 9.18 Å². The number of nitrogen functional groups attached to an aromatic ring is 1. The van der Waals surface area contributed by atoms with Crippen LogP contribution in [0.2, 0.25) is 0 Å². The van der Waals surface area contributed by atoms with E-state index in [-0.39, 0.29) is 11.3 Å². The first-order valence-corrected chi connectivity index (χ1v) is 5.39. The van der Waals surface area contributed by atoms with Gasteiger partial charge in [-0.05, 0) is 29.8 Å². The molecule has 0 aliphatic carbocycles. The Bertz CT molecular complexity index is 557. The molecule has 0 unspecified atom stereocenters. The number of nitrogens with zero attached hydrogens (tertiary/aromatic N) is 1. The number of nitrogens with one attached hydrogen (secondary N) is 1. The standard InChI is InChI=1S/C13H12FN3O/c14-12-6-10(15)3-4-11(12)13(18)17-8-9-2-1-5-16-7-9/h1-7H,8,15H2,(H,17,18). The number of halogens is 1.